The van der Waals surface area contributed by atoms with E-state index in [1.807, 2.05) is 12.1 Å². The maximum Gasteiger partial charge on any atom is 0.243 e. The molecule has 3 saturated heterocycles. The van der Waals surface area contributed by atoms with Crippen LogP contribution in [0.5, 0.6) is 0 Å². The number of hydrazine groups is 1. The Hall–Kier alpha value is -2.11. The first kappa shape index (κ1) is 23.3. The summed E-state index contributed by atoms with van der Waals surface area (Å²) in [6.45, 7) is 4.43. The highest BCUT2D eigenvalue weighted by molar-refractivity contribution is 7.89. The number of nitrogens with one attached hydrogen (secondary N) is 2. The van der Waals surface area contributed by atoms with Crippen molar-refractivity contribution in [1.29, 1.82) is 0 Å². The first-order valence-corrected chi connectivity index (χ1v) is 14.3. The molecule has 1 aromatic heterocycles. The molecule has 0 bridgehead atoms. The van der Waals surface area contributed by atoms with E-state index in [2.05, 4.69) is 31.8 Å². The number of ether oxygens (including phenoxy) is 1. The van der Waals surface area contributed by atoms with Gasteiger partial charge in [-0.25, -0.2) is 23.8 Å². The van der Waals surface area contributed by atoms with Crippen molar-refractivity contribution >= 4 is 15.8 Å². The Bertz CT molecular complexity index is 1130. The molecule has 10 heteroatoms. The van der Waals surface area contributed by atoms with Crippen LogP contribution in [0.4, 0.5) is 5.82 Å². The molecule has 1 aromatic carbocycles. The maximum absolute atomic E-state index is 12.9. The third-order valence-corrected chi connectivity index (χ3v) is 10.0. The van der Waals surface area contributed by atoms with Crippen LogP contribution < -0.4 is 15.8 Å². The van der Waals surface area contributed by atoms with Gasteiger partial charge in [-0.2, -0.15) is 4.31 Å². The molecule has 0 spiro atoms. The molecular weight excluding hydrogens is 464 g/mol. The summed E-state index contributed by atoms with van der Waals surface area (Å²) in [4.78, 5) is 11.8. The van der Waals surface area contributed by atoms with E-state index in [1.54, 1.807) is 22.8 Å². The van der Waals surface area contributed by atoms with E-state index < -0.39 is 10.0 Å². The Kier molecular flexibility index (Phi) is 6.48. The largest absolute Gasteiger partial charge is 0.378 e. The van der Waals surface area contributed by atoms with Crippen LogP contribution in [-0.2, 0) is 14.8 Å². The molecule has 35 heavy (non-hydrogen) atoms. The minimum absolute atomic E-state index is 0.125. The SMILES string of the molecule is O=S(=O)(c1ccc(C2CCC3NNC(c4cc(N5CCOCC5)ncn4)C3C2)cc1)N1CCCC1. The number of morpholine rings is 1. The van der Waals surface area contributed by atoms with Gasteiger partial charge in [0.1, 0.15) is 12.1 Å². The van der Waals surface area contributed by atoms with Crippen molar-refractivity contribution in [2.24, 2.45) is 5.92 Å². The number of sulfonamides is 1. The number of fused-ring (bicyclic) bond motifs is 1. The normalized spacial score (nSPS) is 29.9. The highest BCUT2D eigenvalue weighted by Gasteiger charge is 2.42. The summed E-state index contributed by atoms with van der Waals surface area (Å²) in [7, 11) is -3.37. The lowest BCUT2D eigenvalue weighted by Gasteiger charge is -2.33. The van der Waals surface area contributed by atoms with Gasteiger partial charge in [0.05, 0.1) is 29.8 Å². The third kappa shape index (κ3) is 4.58. The number of hydrogen-bond donors (Lipinski definition) is 2. The monoisotopic (exact) mass is 498 g/mol. The predicted molar refractivity (Wildman–Crippen MR) is 132 cm³/mol. The van der Waals surface area contributed by atoms with Crippen molar-refractivity contribution in [3.05, 3.63) is 47.9 Å². The molecule has 4 atom stereocenters. The van der Waals surface area contributed by atoms with Gasteiger partial charge in [0.25, 0.3) is 0 Å². The van der Waals surface area contributed by atoms with Gasteiger partial charge in [0.15, 0.2) is 0 Å². The fourth-order valence-electron chi connectivity index (χ4n) is 6.14. The van der Waals surface area contributed by atoms with Gasteiger partial charge in [-0.3, -0.25) is 5.43 Å². The standard InChI is InChI=1S/C25H34N6O3S/c32-35(33,31-9-1-2-10-31)20-6-3-18(4-7-20)19-5-8-22-21(15-19)25(29-28-22)23-16-24(27-17-26-23)30-11-13-34-14-12-30/h3-4,6-7,16-17,19,21-22,25,28-29H,1-2,5,8-15H2. The van der Waals surface area contributed by atoms with Gasteiger partial charge in [0.2, 0.25) is 10.0 Å². The molecule has 3 aliphatic heterocycles. The van der Waals surface area contributed by atoms with Crippen LogP contribution in [0.2, 0.25) is 0 Å². The molecular formula is C25H34N6O3S. The van der Waals surface area contributed by atoms with Gasteiger partial charge >= 0.3 is 0 Å². The molecule has 2 aromatic rings. The molecule has 0 amide bonds. The Morgan fingerprint density at radius 3 is 2.49 bits per heavy atom. The number of rotatable bonds is 5. The third-order valence-electron chi connectivity index (χ3n) is 8.13. The summed E-state index contributed by atoms with van der Waals surface area (Å²) in [5.74, 6) is 1.78. The summed E-state index contributed by atoms with van der Waals surface area (Å²) in [6, 6.07) is 10.3. The highest BCUT2D eigenvalue weighted by atomic mass is 32.2. The summed E-state index contributed by atoms with van der Waals surface area (Å²) in [5, 5.41) is 0. The van der Waals surface area contributed by atoms with Crippen molar-refractivity contribution in [3.63, 3.8) is 0 Å². The number of nitrogens with zero attached hydrogens (tertiary/aromatic N) is 4. The van der Waals surface area contributed by atoms with E-state index in [1.165, 1.54) is 5.56 Å². The number of anilines is 1. The average Bonchev–Trinajstić information content (AvgIpc) is 3.60. The highest BCUT2D eigenvalue weighted by Crippen LogP contribution is 2.44. The Balaban J connectivity index is 1.17. The first-order valence-electron chi connectivity index (χ1n) is 12.9. The van der Waals surface area contributed by atoms with Crippen LogP contribution in [0, 0.1) is 5.92 Å². The summed E-state index contributed by atoms with van der Waals surface area (Å²) in [5.41, 5.74) is 9.27. The Morgan fingerprint density at radius 1 is 0.943 bits per heavy atom. The number of aromatic nitrogens is 2. The van der Waals surface area contributed by atoms with E-state index in [-0.39, 0.29) is 6.04 Å². The van der Waals surface area contributed by atoms with Crippen molar-refractivity contribution in [2.75, 3.05) is 44.3 Å². The van der Waals surface area contributed by atoms with Gasteiger partial charge in [-0.1, -0.05) is 12.1 Å². The van der Waals surface area contributed by atoms with Gasteiger partial charge in [-0.15, -0.1) is 0 Å². The second-order valence-electron chi connectivity index (χ2n) is 10.1. The minimum Gasteiger partial charge on any atom is -0.378 e. The molecule has 9 nitrogen and oxygen atoms in total. The summed E-state index contributed by atoms with van der Waals surface area (Å²) in [6.07, 6.45) is 6.77. The molecule has 188 valence electrons. The molecule has 2 N–H and O–H groups in total. The molecule has 4 unspecified atom stereocenters. The van der Waals surface area contributed by atoms with Gasteiger partial charge in [0, 0.05) is 38.3 Å². The molecule has 4 fully saturated rings. The second kappa shape index (κ2) is 9.74. The van der Waals surface area contributed by atoms with Gasteiger partial charge < -0.3 is 9.64 Å². The first-order chi connectivity index (χ1) is 17.1. The minimum atomic E-state index is -3.37. The van der Waals surface area contributed by atoms with Crippen LogP contribution >= 0.6 is 0 Å². The van der Waals surface area contributed by atoms with E-state index >= 15 is 0 Å². The van der Waals surface area contributed by atoms with Crippen LogP contribution in [-0.4, -0.2) is 68.1 Å². The van der Waals surface area contributed by atoms with Gasteiger partial charge in [-0.05, 0) is 61.6 Å². The van der Waals surface area contributed by atoms with E-state index in [0.717, 1.165) is 69.9 Å². The zero-order chi connectivity index (χ0) is 23.8. The van der Waals surface area contributed by atoms with Crippen LogP contribution in [0.3, 0.4) is 0 Å². The van der Waals surface area contributed by atoms with Crippen LogP contribution in [0.15, 0.2) is 41.6 Å². The fraction of sp³-hybridized carbons (Fsp3) is 0.600. The van der Waals surface area contributed by atoms with E-state index in [9.17, 15) is 8.42 Å². The van der Waals surface area contributed by atoms with Crippen LogP contribution in [0.1, 0.15) is 55.3 Å². The average molecular weight is 499 g/mol. The number of benzene rings is 1. The topological polar surface area (TPSA) is 99.7 Å². The van der Waals surface area contributed by atoms with E-state index in [0.29, 0.717) is 35.9 Å². The molecule has 4 aliphatic rings. The smallest absolute Gasteiger partial charge is 0.243 e. The molecule has 1 saturated carbocycles. The molecule has 0 radical (unpaired) electrons. The fourth-order valence-corrected chi connectivity index (χ4v) is 7.66. The van der Waals surface area contributed by atoms with Crippen molar-refractivity contribution in [2.45, 2.75) is 55.0 Å². The van der Waals surface area contributed by atoms with Crippen molar-refractivity contribution < 1.29 is 13.2 Å². The van der Waals surface area contributed by atoms with Crippen molar-refractivity contribution in [3.8, 4) is 0 Å². The lowest BCUT2D eigenvalue weighted by Crippen LogP contribution is -2.37. The lowest BCUT2D eigenvalue weighted by atomic mass is 9.73. The van der Waals surface area contributed by atoms with Crippen LogP contribution in [0.25, 0.3) is 0 Å². The van der Waals surface area contributed by atoms with E-state index in [4.69, 9.17) is 4.74 Å². The predicted octanol–water partition coefficient (Wildman–Crippen LogP) is 2.20. The molecule has 4 heterocycles. The molecule has 1 aliphatic carbocycles. The number of hydrogen-bond acceptors (Lipinski definition) is 8. The summed E-state index contributed by atoms with van der Waals surface area (Å²) >= 11 is 0. The maximum atomic E-state index is 12.9. The Morgan fingerprint density at radius 2 is 1.71 bits per heavy atom. The second-order valence-corrected chi connectivity index (χ2v) is 12.1. The van der Waals surface area contributed by atoms with Crippen molar-refractivity contribution in [1.82, 2.24) is 25.1 Å². The zero-order valence-corrected chi connectivity index (χ0v) is 20.8. The lowest BCUT2D eigenvalue weighted by molar-refractivity contribution is 0.122. The quantitative estimate of drug-likeness (QED) is 0.647. The zero-order valence-electron chi connectivity index (χ0n) is 20.0. The molecule has 6 rings (SSSR count). The Labute approximate surface area is 207 Å². The summed E-state index contributed by atoms with van der Waals surface area (Å²) < 4.78 is 32.9.